The normalized spacial score (nSPS) is 16.5. The zero-order valence-corrected chi connectivity index (χ0v) is 16.6. The van der Waals surface area contributed by atoms with E-state index in [1.165, 1.54) is 0 Å². The van der Waals surface area contributed by atoms with Crippen LogP contribution in [0.5, 0.6) is 0 Å². The largest absolute Gasteiger partial charge is 0.361 e. The molecular formula is C18H25ClN2O2Si. The first-order valence-corrected chi connectivity index (χ1v) is 12.6. The Kier molecular flexibility index (Phi) is 4.62. The lowest BCUT2D eigenvalue weighted by molar-refractivity contribution is 0.0883. The number of Topliss-reactive ketones (excluding diaryl/α,β-unsaturated/α-hetero) is 1. The number of hydrogen-bond acceptors (Lipinski definition) is 3. The molecule has 1 saturated carbocycles. The van der Waals surface area contributed by atoms with Crippen molar-refractivity contribution in [3.05, 3.63) is 29.0 Å². The van der Waals surface area contributed by atoms with E-state index in [1.54, 1.807) is 12.3 Å². The van der Waals surface area contributed by atoms with Gasteiger partial charge in [0.25, 0.3) is 0 Å². The van der Waals surface area contributed by atoms with Crippen LogP contribution >= 0.6 is 11.6 Å². The smallest absolute Gasteiger partial charge is 0.170 e. The highest BCUT2D eigenvalue weighted by atomic mass is 35.5. The fourth-order valence-corrected chi connectivity index (χ4v) is 3.73. The maximum atomic E-state index is 12.8. The Labute approximate surface area is 149 Å². The Balaban J connectivity index is 1.86. The van der Waals surface area contributed by atoms with Gasteiger partial charge in [-0.2, -0.15) is 0 Å². The lowest BCUT2D eigenvalue weighted by Gasteiger charge is -2.15. The number of rotatable bonds is 7. The second-order valence-electron chi connectivity index (χ2n) is 8.24. The third kappa shape index (κ3) is 3.58. The van der Waals surface area contributed by atoms with Crippen LogP contribution in [0, 0.1) is 5.41 Å². The molecule has 0 spiro atoms. The average Bonchev–Trinajstić information content (AvgIpc) is 3.14. The summed E-state index contributed by atoms with van der Waals surface area (Å²) in [5, 5.41) is 1.33. The predicted molar refractivity (Wildman–Crippen MR) is 101 cm³/mol. The molecule has 0 saturated heterocycles. The monoisotopic (exact) mass is 364 g/mol. The van der Waals surface area contributed by atoms with E-state index in [-0.39, 0.29) is 11.2 Å². The molecule has 0 bridgehead atoms. The fourth-order valence-electron chi connectivity index (χ4n) is 2.73. The SMILES string of the molecule is CC1(C(=O)c2cn(COCC[Si](C)(C)C)c3nccc(Cl)c23)CC1. The number of hydrogen-bond donors (Lipinski definition) is 0. The molecule has 0 unspecified atom stereocenters. The van der Waals surface area contributed by atoms with Gasteiger partial charge in [0.15, 0.2) is 5.78 Å². The summed E-state index contributed by atoms with van der Waals surface area (Å²) in [6, 6.07) is 2.86. The molecule has 0 radical (unpaired) electrons. The standard InChI is InChI=1S/C18H25ClN2O2Si/c1-18(6-7-18)16(22)13-11-21(12-23-9-10-24(2,3)4)17-15(13)14(19)5-8-20-17/h5,8,11H,6-7,9-10,12H2,1-4H3. The molecule has 6 heteroatoms. The van der Waals surface area contributed by atoms with Crippen LogP contribution in [0.15, 0.2) is 18.5 Å². The van der Waals surface area contributed by atoms with E-state index < -0.39 is 8.07 Å². The molecule has 0 aliphatic heterocycles. The summed E-state index contributed by atoms with van der Waals surface area (Å²) in [5.41, 5.74) is 1.18. The number of pyridine rings is 1. The second-order valence-corrected chi connectivity index (χ2v) is 14.3. The molecule has 3 rings (SSSR count). The van der Waals surface area contributed by atoms with Gasteiger partial charge in [-0.25, -0.2) is 4.98 Å². The highest BCUT2D eigenvalue weighted by molar-refractivity contribution is 6.76. The molecule has 2 heterocycles. The molecule has 4 nitrogen and oxygen atoms in total. The minimum absolute atomic E-state index is 0.170. The van der Waals surface area contributed by atoms with Gasteiger partial charge in [0.1, 0.15) is 12.4 Å². The molecule has 0 amide bonds. The minimum Gasteiger partial charge on any atom is -0.361 e. The number of nitrogens with zero attached hydrogens (tertiary/aromatic N) is 2. The van der Waals surface area contributed by atoms with Crippen LogP contribution in [-0.4, -0.2) is 30.0 Å². The van der Waals surface area contributed by atoms with E-state index in [4.69, 9.17) is 16.3 Å². The molecule has 24 heavy (non-hydrogen) atoms. The Hall–Kier alpha value is -1.17. The van der Waals surface area contributed by atoms with Crippen molar-refractivity contribution in [3.8, 4) is 0 Å². The molecule has 2 aromatic rings. The summed E-state index contributed by atoms with van der Waals surface area (Å²) in [6.07, 6.45) is 5.44. The van der Waals surface area contributed by atoms with E-state index in [9.17, 15) is 4.79 Å². The van der Waals surface area contributed by atoms with Gasteiger partial charge in [-0.05, 0) is 25.0 Å². The fraction of sp³-hybridized carbons (Fsp3) is 0.556. The summed E-state index contributed by atoms with van der Waals surface area (Å²) in [5.74, 6) is 0.170. The van der Waals surface area contributed by atoms with Crippen LogP contribution in [-0.2, 0) is 11.5 Å². The number of ether oxygens (including phenoxy) is 1. The first-order valence-electron chi connectivity index (χ1n) is 8.47. The second kappa shape index (κ2) is 6.28. The van der Waals surface area contributed by atoms with Gasteiger partial charge in [-0.3, -0.25) is 4.79 Å². The molecule has 1 aliphatic rings. The first kappa shape index (κ1) is 17.6. The zero-order valence-electron chi connectivity index (χ0n) is 14.9. The van der Waals surface area contributed by atoms with E-state index in [0.717, 1.165) is 36.5 Å². The third-order valence-corrected chi connectivity index (χ3v) is 6.75. The lowest BCUT2D eigenvalue weighted by Crippen LogP contribution is -2.22. The Morgan fingerprint density at radius 2 is 2.12 bits per heavy atom. The molecule has 0 atom stereocenters. The number of carbonyl (C=O) groups is 1. The molecule has 130 valence electrons. The summed E-state index contributed by atoms with van der Waals surface area (Å²) in [4.78, 5) is 17.3. The molecule has 0 aromatic carbocycles. The van der Waals surface area contributed by atoms with Gasteiger partial charge >= 0.3 is 0 Å². The van der Waals surface area contributed by atoms with Crippen molar-refractivity contribution < 1.29 is 9.53 Å². The average molecular weight is 365 g/mol. The number of fused-ring (bicyclic) bond motifs is 1. The van der Waals surface area contributed by atoms with Crippen LogP contribution in [0.25, 0.3) is 11.0 Å². The van der Waals surface area contributed by atoms with Gasteiger partial charge in [-0.1, -0.05) is 38.2 Å². The quantitative estimate of drug-likeness (QED) is 0.395. The summed E-state index contributed by atoms with van der Waals surface area (Å²) >= 11 is 6.37. The number of ketones is 1. The van der Waals surface area contributed by atoms with Crippen LogP contribution in [0.2, 0.25) is 30.7 Å². The molecule has 1 fully saturated rings. The molecule has 1 aliphatic carbocycles. The summed E-state index contributed by atoms with van der Waals surface area (Å²) in [7, 11) is -1.11. The highest BCUT2D eigenvalue weighted by Crippen LogP contribution is 2.48. The number of halogens is 1. The van der Waals surface area contributed by atoms with Gasteiger partial charge < -0.3 is 9.30 Å². The van der Waals surface area contributed by atoms with Crippen LogP contribution in [0.4, 0.5) is 0 Å². The van der Waals surface area contributed by atoms with Crippen LogP contribution in [0.3, 0.4) is 0 Å². The van der Waals surface area contributed by atoms with Crippen LogP contribution in [0.1, 0.15) is 30.1 Å². The Morgan fingerprint density at radius 1 is 1.42 bits per heavy atom. The van der Waals surface area contributed by atoms with Crippen LogP contribution < -0.4 is 0 Å². The van der Waals surface area contributed by atoms with E-state index in [1.807, 2.05) is 17.7 Å². The van der Waals surface area contributed by atoms with Crippen molar-refractivity contribution in [2.24, 2.45) is 5.41 Å². The maximum Gasteiger partial charge on any atom is 0.170 e. The predicted octanol–water partition coefficient (Wildman–Crippen LogP) is 4.98. The maximum absolute atomic E-state index is 12.8. The zero-order chi connectivity index (χ0) is 17.5. The van der Waals surface area contributed by atoms with Crippen molar-refractivity contribution >= 4 is 36.5 Å². The van der Waals surface area contributed by atoms with E-state index in [2.05, 4.69) is 24.6 Å². The van der Waals surface area contributed by atoms with Gasteiger partial charge in [-0.15, -0.1) is 0 Å². The molecule has 0 N–H and O–H groups in total. The number of carbonyl (C=O) groups excluding carboxylic acids is 1. The van der Waals surface area contributed by atoms with Crippen molar-refractivity contribution in [3.63, 3.8) is 0 Å². The van der Waals surface area contributed by atoms with Crippen molar-refractivity contribution in [1.29, 1.82) is 0 Å². The third-order valence-electron chi connectivity index (χ3n) is 4.73. The topological polar surface area (TPSA) is 44.1 Å². The summed E-state index contributed by atoms with van der Waals surface area (Å²) < 4.78 is 7.75. The van der Waals surface area contributed by atoms with E-state index >= 15 is 0 Å². The Morgan fingerprint density at radius 3 is 2.75 bits per heavy atom. The van der Waals surface area contributed by atoms with Crippen molar-refractivity contribution in [2.45, 2.75) is 52.2 Å². The van der Waals surface area contributed by atoms with Gasteiger partial charge in [0.2, 0.25) is 0 Å². The lowest BCUT2D eigenvalue weighted by atomic mass is 9.97. The number of aromatic nitrogens is 2. The van der Waals surface area contributed by atoms with Crippen molar-refractivity contribution in [1.82, 2.24) is 9.55 Å². The summed E-state index contributed by atoms with van der Waals surface area (Å²) in [6.45, 7) is 10.1. The molecule has 2 aromatic heterocycles. The van der Waals surface area contributed by atoms with Gasteiger partial charge in [0.05, 0.1) is 5.02 Å². The minimum atomic E-state index is -1.11. The van der Waals surface area contributed by atoms with E-state index in [0.29, 0.717) is 17.3 Å². The van der Waals surface area contributed by atoms with Gasteiger partial charge in [0, 0.05) is 43.4 Å². The molecular weight excluding hydrogens is 340 g/mol. The van der Waals surface area contributed by atoms with Crippen molar-refractivity contribution in [2.75, 3.05) is 6.61 Å². The Bertz CT molecular complexity index is 775. The highest BCUT2D eigenvalue weighted by Gasteiger charge is 2.46. The first-order chi connectivity index (χ1) is 11.2.